The van der Waals surface area contributed by atoms with Crippen molar-refractivity contribution in [3.63, 3.8) is 0 Å². The number of nitrogens with two attached hydrogens (primary N) is 1. The third kappa shape index (κ3) is 13.0. The van der Waals surface area contributed by atoms with E-state index in [2.05, 4.69) is 9.72 Å². The van der Waals surface area contributed by atoms with E-state index in [9.17, 15) is 22.8 Å². The largest absolute Gasteiger partial charge is 0.573 e. The maximum Gasteiger partial charge on any atom is 0.573 e. The van der Waals surface area contributed by atoms with Gasteiger partial charge in [-0.2, -0.15) is 4.98 Å². The van der Waals surface area contributed by atoms with Crippen LogP contribution in [0.1, 0.15) is 92.6 Å². The van der Waals surface area contributed by atoms with Gasteiger partial charge in [0.25, 0.3) is 0 Å². The number of ether oxygens (including phenoxy) is 3. The molecule has 1 aromatic heterocycles. The number of benzene rings is 1. The average Bonchev–Trinajstić information content (AvgIpc) is 3.62. The van der Waals surface area contributed by atoms with Crippen LogP contribution in [0, 0.1) is 5.92 Å². The summed E-state index contributed by atoms with van der Waals surface area (Å²) in [6, 6.07) is 4.21. The van der Waals surface area contributed by atoms with E-state index in [1.807, 2.05) is 81.4 Å². The van der Waals surface area contributed by atoms with Crippen molar-refractivity contribution in [2.24, 2.45) is 11.7 Å². The number of carbonyl (C=O) groups is 2. The number of esters is 1. The molecule has 1 aliphatic rings. The fourth-order valence-electron chi connectivity index (χ4n) is 4.00. The first-order valence-electron chi connectivity index (χ1n) is 14.9. The highest BCUT2D eigenvalue weighted by atomic mass is 19.4. The number of imidazole rings is 1. The summed E-state index contributed by atoms with van der Waals surface area (Å²) in [4.78, 5) is 31.0. The molecule has 2 atom stereocenters. The molecule has 1 amide bonds. The summed E-state index contributed by atoms with van der Waals surface area (Å²) in [6.07, 6.45) is 0.0321. The van der Waals surface area contributed by atoms with Crippen LogP contribution in [0.3, 0.4) is 0 Å². The SMILES string of the molecule is C/C=C\C(C)Cn1c(Oc2cccc(OC(F)(F)F)c2)nc(N2CCCC2C(N)=O)c1C(=O)OC.CC.CC.CC.CC. The van der Waals surface area contributed by atoms with Crippen LogP contribution in [0.2, 0.25) is 0 Å². The molecular weight excluding hydrogens is 565 g/mol. The third-order valence-corrected chi connectivity index (χ3v) is 5.39. The summed E-state index contributed by atoms with van der Waals surface area (Å²) in [7, 11) is 1.22. The molecule has 2 aromatic rings. The first-order chi connectivity index (χ1) is 20.5. The quantitative estimate of drug-likeness (QED) is 0.224. The monoisotopic (exact) mass is 616 g/mol. The van der Waals surface area contributed by atoms with Gasteiger partial charge in [-0.3, -0.25) is 9.36 Å². The van der Waals surface area contributed by atoms with E-state index in [0.29, 0.717) is 19.4 Å². The minimum Gasteiger partial charge on any atom is -0.464 e. The molecule has 1 aliphatic heterocycles. The summed E-state index contributed by atoms with van der Waals surface area (Å²) < 4.78 is 54.3. The van der Waals surface area contributed by atoms with Gasteiger partial charge in [0.15, 0.2) is 11.5 Å². The van der Waals surface area contributed by atoms with Gasteiger partial charge >= 0.3 is 18.3 Å². The molecule has 1 fully saturated rings. The van der Waals surface area contributed by atoms with Gasteiger partial charge in [0.1, 0.15) is 17.5 Å². The number of nitrogens with zero attached hydrogens (tertiary/aromatic N) is 3. The van der Waals surface area contributed by atoms with Crippen molar-refractivity contribution in [3.05, 3.63) is 42.1 Å². The number of allylic oxidation sites excluding steroid dienone is 2. The summed E-state index contributed by atoms with van der Waals surface area (Å²) in [5.41, 5.74) is 5.61. The number of rotatable bonds is 9. The van der Waals surface area contributed by atoms with Crippen LogP contribution in [-0.4, -0.2) is 47.5 Å². The molecule has 2 heterocycles. The highest BCUT2D eigenvalue weighted by molar-refractivity contribution is 5.95. The second kappa shape index (κ2) is 21.9. The first kappa shape index (κ1) is 41.4. The van der Waals surface area contributed by atoms with E-state index in [0.717, 1.165) is 12.1 Å². The lowest BCUT2D eigenvalue weighted by atomic mass is 10.1. The van der Waals surface area contributed by atoms with Crippen molar-refractivity contribution in [3.8, 4) is 17.5 Å². The Balaban J connectivity index is 0. The molecule has 246 valence electrons. The maximum atomic E-state index is 12.9. The normalized spacial score (nSPS) is 14.4. The molecule has 0 bridgehead atoms. The molecule has 1 aromatic carbocycles. The molecule has 9 nitrogen and oxygen atoms in total. The van der Waals surface area contributed by atoms with E-state index in [-0.39, 0.29) is 35.7 Å². The van der Waals surface area contributed by atoms with Crippen molar-refractivity contribution >= 4 is 17.7 Å². The van der Waals surface area contributed by atoms with Gasteiger partial charge in [-0.1, -0.05) is 80.5 Å². The second-order valence-electron chi connectivity index (χ2n) is 8.05. The molecule has 2 N–H and O–H groups in total. The number of hydrogen-bond acceptors (Lipinski definition) is 7. The van der Waals surface area contributed by atoms with Gasteiger partial charge in [0, 0.05) is 19.2 Å². The smallest absolute Gasteiger partial charge is 0.464 e. The Kier molecular flexibility index (Phi) is 21.1. The Morgan fingerprint density at radius 2 is 1.67 bits per heavy atom. The predicted octanol–water partition coefficient (Wildman–Crippen LogP) is 8.13. The van der Waals surface area contributed by atoms with Gasteiger partial charge in [0.05, 0.1) is 7.11 Å². The second-order valence-corrected chi connectivity index (χ2v) is 8.05. The van der Waals surface area contributed by atoms with Crippen molar-refractivity contribution in [1.82, 2.24) is 9.55 Å². The zero-order valence-electron chi connectivity index (χ0n) is 27.5. The standard InChI is InChI=1S/C23H27F3N4O5.4C2H6/c1-4-7-14(2)13-30-18(21(32)33-3)20(29-11-6-10-17(29)19(27)31)28-22(30)34-15-8-5-9-16(12-15)35-23(24,25)26;4*1-2/h4-5,7-9,12,14,17H,6,10-11,13H2,1-3H3,(H2,27,31);4*1-2H3/b7-4-;;;;. The van der Waals surface area contributed by atoms with E-state index < -0.39 is 30.0 Å². The highest BCUT2D eigenvalue weighted by Gasteiger charge is 2.37. The average molecular weight is 617 g/mol. The Hall–Kier alpha value is -3.70. The summed E-state index contributed by atoms with van der Waals surface area (Å²) in [5.74, 6) is -1.65. The number of anilines is 1. The topological polar surface area (TPSA) is 109 Å². The van der Waals surface area contributed by atoms with Crippen LogP contribution in [0.25, 0.3) is 0 Å². The van der Waals surface area contributed by atoms with Crippen LogP contribution >= 0.6 is 0 Å². The minimum absolute atomic E-state index is 0.00697. The first-order valence-corrected chi connectivity index (χ1v) is 14.9. The molecule has 12 heteroatoms. The molecule has 43 heavy (non-hydrogen) atoms. The Labute approximate surface area is 255 Å². The van der Waals surface area contributed by atoms with E-state index in [4.69, 9.17) is 15.2 Å². The number of aromatic nitrogens is 2. The number of hydrogen-bond donors (Lipinski definition) is 1. The van der Waals surface area contributed by atoms with E-state index in [1.165, 1.54) is 23.8 Å². The lowest BCUT2D eigenvalue weighted by Gasteiger charge is -2.23. The van der Waals surface area contributed by atoms with E-state index >= 15 is 0 Å². The van der Waals surface area contributed by atoms with Gasteiger partial charge in [-0.15, -0.1) is 13.2 Å². The molecule has 0 saturated carbocycles. The fraction of sp³-hybridized carbons (Fsp3) is 0.581. The number of amides is 1. The van der Waals surface area contributed by atoms with Crippen LogP contribution in [0.5, 0.6) is 17.5 Å². The zero-order valence-corrected chi connectivity index (χ0v) is 27.5. The minimum atomic E-state index is -4.87. The maximum absolute atomic E-state index is 12.9. The zero-order chi connectivity index (χ0) is 33.8. The van der Waals surface area contributed by atoms with Crippen molar-refractivity contribution < 1.29 is 37.0 Å². The summed E-state index contributed by atoms with van der Waals surface area (Å²) in [5, 5.41) is 0. The predicted molar refractivity (Wildman–Crippen MR) is 166 cm³/mol. The molecule has 3 rings (SSSR count). The van der Waals surface area contributed by atoms with Crippen molar-refractivity contribution in [1.29, 1.82) is 0 Å². The molecule has 0 aliphatic carbocycles. The molecular formula is C31H51F3N4O5. The Bertz CT molecular complexity index is 1100. The molecule has 0 spiro atoms. The van der Waals surface area contributed by atoms with Gasteiger partial charge in [0.2, 0.25) is 5.91 Å². The van der Waals surface area contributed by atoms with Crippen molar-refractivity contribution in [2.75, 3.05) is 18.6 Å². The summed E-state index contributed by atoms with van der Waals surface area (Å²) in [6.45, 7) is 20.4. The molecule has 0 radical (unpaired) electrons. The van der Waals surface area contributed by atoms with Gasteiger partial charge in [-0.05, 0) is 37.8 Å². The third-order valence-electron chi connectivity index (χ3n) is 5.39. The number of halogens is 3. The fourth-order valence-corrected chi connectivity index (χ4v) is 4.00. The number of primary amides is 1. The van der Waals surface area contributed by atoms with Gasteiger partial charge < -0.3 is 24.8 Å². The lowest BCUT2D eigenvalue weighted by molar-refractivity contribution is -0.274. The van der Waals surface area contributed by atoms with E-state index in [1.54, 1.807) is 4.90 Å². The molecule has 2 unspecified atom stereocenters. The number of methoxy groups -OCH3 is 1. The number of carbonyl (C=O) groups excluding carboxylic acids is 2. The van der Waals surface area contributed by atoms with Gasteiger partial charge in [-0.25, -0.2) is 4.79 Å². The Morgan fingerprint density at radius 1 is 1.09 bits per heavy atom. The lowest BCUT2D eigenvalue weighted by Crippen LogP contribution is -2.41. The van der Waals surface area contributed by atoms with Crippen LogP contribution in [-0.2, 0) is 16.1 Å². The molecule has 1 saturated heterocycles. The number of alkyl halides is 3. The van der Waals surface area contributed by atoms with Crippen LogP contribution in [0.15, 0.2) is 36.4 Å². The highest BCUT2D eigenvalue weighted by Crippen LogP contribution is 2.35. The van der Waals surface area contributed by atoms with Crippen LogP contribution < -0.4 is 20.1 Å². The van der Waals surface area contributed by atoms with Crippen molar-refractivity contribution in [2.45, 2.75) is 101 Å². The summed E-state index contributed by atoms with van der Waals surface area (Å²) >= 11 is 0. The Morgan fingerprint density at radius 3 is 2.19 bits per heavy atom. The van der Waals surface area contributed by atoms with Crippen LogP contribution in [0.4, 0.5) is 19.0 Å².